The summed E-state index contributed by atoms with van der Waals surface area (Å²) in [5.74, 6) is -0.642. The third-order valence-electron chi connectivity index (χ3n) is 2.91. The van der Waals surface area contributed by atoms with Crippen LogP contribution in [-0.2, 0) is 6.18 Å². The van der Waals surface area contributed by atoms with E-state index in [1.165, 1.54) is 12.4 Å². The van der Waals surface area contributed by atoms with Gasteiger partial charge in [-0.15, -0.1) is 0 Å². The van der Waals surface area contributed by atoms with Gasteiger partial charge in [0, 0.05) is 12.4 Å². The summed E-state index contributed by atoms with van der Waals surface area (Å²) in [6, 6.07) is 2.83. The van der Waals surface area contributed by atoms with Gasteiger partial charge in [-0.25, -0.2) is 14.8 Å². The smallest absolute Gasteiger partial charge is 0.337 e. The van der Waals surface area contributed by atoms with Gasteiger partial charge >= 0.3 is 11.9 Å². The highest BCUT2D eigenvalue weighted by atomic mass is 35.5. The van der Waals surface area contributed by atoms with Crippen LogP contribution in [0.15, 0.2) is 39.9 Å². The highest BCUT2D eigenvalue weighted by Gasteiger charge is 2.31. The summed E-state index contributed by atoms with van der Waals surface area (Å²) < 4.78 is 42.4. The number of hydrogen-bond acceptors (Lipinski definition) is 6. The number of hydrogen-bond donors (Lipinski definition) is 2. The van der Waals surface area contributed by atoms with Crippen molar-refractivity contribution in [3.63, 3.8) is 0 Å². The average molecular weight is 358 g/mol. The SMILES string of the molecule is O=c1[nH]c(-c2nccnc2Nc2ccc(C(F)(F)F)cc2Cl)no1. The van der Waals surface area contributed by atoms with Gasteiger partial charge in [0.15, 0.2) is 11.5 Å². The van der Waals surface area contributed by atoms with Gasteiger partial charge in [0.25, 0.3) is 0 Å². The van der Waals surface area contributed by atoms with E-state index in [0.717, 1.165) is 18.2 Å². The van der Waals surface area contributed by atoms with Crippen molar-refractivity contribution in [2.24, 2.45) is 0 Å². The lowest BCUT2D eigenvalue weighted by Gasteiger charge is -2.12. The minimum absolute atomic E-state index is 0.0126. The third kappa shape index (κ3) is 3.23. The van der Waals surface area contributed by atoms with Crippen molar-refractivity contribution in [3.8, 4) is 11.5 Å². The second-order valence-corrected chi connectivity index (χ2v) is 4.92. The zero-order valence-electron chi connectivity index (χ0n) is 11.6. The number of nitrogens with one attached hydrogen (secondary N) is 2. The van der Waals surface area contributed by atoms with Crippen LogP contribution in [-0.4, -0.2) is 20.1 Å². The number of anilines is 2. The molecule has 2 N–H and O–H groups in total. The molecule has 3 rings (SSSR count). The lowest BCUT2D eigenvalue weighted by atomic mass is 10.2. The molecule has 0 aliphatic carbocycles. The second kappa shape index (κ2) is 5.96. The van der Waals surface area contributed by atoms with Crippen molar-refractivity contribution >= 4 is 23.1 Å². The fraction of sp³-hybridized carbons (Fsp3) is 0.0769. The van der Waals surface area contributed by atoms with E-state index in [-0.39, 0.29) is 28.0 Å². The quantitative estimate of drug-likeness (QED) is 0.747. The molecule has 1 aromatic carbocycles. The molecular weight excluding hydrogens is 351 g/mol. The number of H-pyrrole nitrogens is 1. The van der Waals surface area contributed by atoms with E-state index in [1.807, 2.05) is 0 Å². The molecule has 0 unspecified atom stereocenters. The Morgan fingerprint density at radius 3 is 2.58 bits per heavy atom. The van der Waals surface area contributed by atoms with Crippen LogP contribution in [0.4, 0.5) is 24.7 Å². The first-order valence-electron chi connectivity index (χ1n) is 6.36. The number of alkyl halides is 3. The van der Waals surface area contributed by atoms with Crippen LogP contribution in [0.2, 0.25) is 5.02 Å². The predicted octanol–water partition coefficient (Wildman–Crippen LogP) is 3.24. The van der Waals surface area contributed by atoms with E-state index >= 15 is 0 Å². The molecule has 11 heteroatoms. The average Bonchev–Trinajstić information content (AvgIpc) is 2.95. The molecule has 2 aromatic heterocycles. The summed E-state index contributed by atoms with van der Waals surface area (Å²) >= 11 is 5.89. The summed E-state index contributed by atoms with van der Waals surface area (Å²) in [6.45, 7) is 0. The van der Waals surface area contributed by atoms with Gasteiger partial charge in [-0.05, 0) is 18.2 Å². The van der Waals surface area contributed by atoms with Crippen LogP contribution in [0, 0.1) is 0 Å². The van der Waals surface area contributed by atoms with E-state index in [0.29, 0.717) is 0 Å². The lowest BCUT2D eigenvalue weighted by Crippen LogP contribution is -2.06. The summed E-state index contributed by atoms with van der Waals surface area (Å²) in [6.07, 6.45) is -1.80. The predicted molar refractivity (Wildman–Crippen MR) is 77.9 cm³/mol. The molecule has 7 nitrogen and oxygen atoms in total. The molecule has 0 saturated carbocycles. The summed E-state index contributed by atoms with van der Waals surface area (Å²) in [4.78, 5) is 21.4. The molecule has 0 fully saturated rings. The summed E-state index contributed by atoms with van der Waals surface area (Å²) in [5, 5.41) is 6.08. The Bertz CT molecular complexity index is 938. The van der Waals surface area contributed by atoms with Crippen LogP contribution in [0.3, 0.4) is 0 Å². The normalized spacial score (nSPS) is 11.5. The Labute approximate surface area is 136 Å². The van der Waals surface area contributed by atoms with Gasteiger partial charge in [0.2, 0.25) is 5.82 Å². The standard InChI is InChI=1S/C13H7ClF3N5O2/c14-7-5-6(13(15,16)17)1-2-8(7)20-10-9(18-3-4-19-10)11-21-12(23)24-22-11/h1-5H,(H,19,20)(H,21,22,23). The Morgan fingerprint density at radius 2 is 1.96 bits per heavy atom. The molecule has 124 valence electrons. The van der Waals surface area contributed by atoms with E-state index in [1.54, 1.807) is 0 Å². The Hall–Kier alpha value is -2.88. The fourth-order valence-corrected chi connectivity index (χ4v) is 2.08. The highest BCUT2D eigenvalue weighted by molar-refractivity contribution is 6.33. The van der Waals surface area contributed by atoms with E-state index in [9.17, 15) is 18.0 Å². The molecule has 0 spiro atoms. The molecule has 3 aromatic rings. The Kier molecular flexibility index (Phi) is 3.97. The first-order valence-corrected chi connectivity index (χ1v) is 6.73. The minimum Gasteiger partial charge on any atom is -0.337 e. The maximum absolute atomic E-state index is 12.7. The number of nitrogens with zero attached hydrogens (tertiary/aromatic N) is 3. The van der Waals surface area contributed by atoms with Crippen molar-refractivity contribution in [3.05, 3.63) is 51.7 Å². The largest absolute Gasteiger partial charge is 0.439 e. The van der Waals surface area contributed by atoms with E-state index < -0.39 is 17.5 Å². The maximum atomic E-state index is 12.7. The summed E-state index contributed by atoms with van der Waals surface area (Å²) in [7, 11) is 0. The van der Waals surface area contributed by atoms with Gasteiger partial charge in [0.05, 0.1) is 16.3 Å². The van der Waals surface area contributed by atoms with Crippen molar-refractivity contribution in [2.75, 3.05) is 5.32 Å². The van der Waals surface area contributed by atoms with Gasteiger partial charge < -0.3 is 5.32 Å². The first kappa shape index (κ1) is 16.0. The molecule has 0 radical (unpaired) electrons. The zero-order chi connectivity index (χ0) is 17.3. The second-order valence-electron chi connectivity index (χ2n) is 4.51. The van der Waals surface area contributed by atoms with Gasteiger partial charge in [-0.2, -0.15) is 13.2 Å². The van der Waals surface area contributed by atoms with Crippen molar-refractivity contribution < 1.29 is 17.7 Å². The zero-order valence-corrected chi connectivity index (χ0v) is 12.3. The van der Waals surface area contributed by atoms with E-state index in [4.69, 9.17) is 11.6 Å². The van der Waals surface area contributed by atoms with Crippen molar-refractivity contribution in [1.29, 1.82) is 0 Å². The van der Waals surface area contributed by atoms with Crippen LogP contribution in [0.5, 0.6) is 0 Å². The number of halogens is 4. The van der Waals surface area contributed by atoms with Crippen LogP contribution in [0.25, 0.3) is 11.5 Å². The van der Waals surface area contributed by atoms with Gasteiger partial charge in [-0.3, -0.25) is 9.51 Å². The maximum Gasteiger partial charge on any atom is 0.439 e. The molecule has 0 amide bonds. The Balaban J connectivity index is 1.97. The van der Waals surface area contributed by atoms with E-state index in [2.05, 4.69) is 29.9 Å². The third-order valence-corrected chi connectivity index (χ3v) is 3.23. The number of aromatic amines is 1. The number of aromatic nitrogens is 4. The van der Waals surface area contributed by atoms with Gasteiger partial charge in [0.1, 0.15) is 0 Å². The van der Waals surface area contributed by atoms with Crippen LogP contribution >= 0.6 is 11.6 Å². The highest BCUT2D eigenvalue weighted by Crippen LogP contribution is 2.35. The van der Waals surface area contributed by atoms with Crippen LogP contribution < -0.4 is 11.1 Å². The molecular formula is C13H7ClF3N5O2. The molecule has 0 aliphatic heterocycles. The number of benzene rings is 1. The monoisotopic (exact) mass is 357 g/mol. The minimum atomic E-state index is -4.50. The molecule has 2 heterocycles. The van der Waals surface area contributed by atoms with Crippen molar-refractivity contribution in [2.45, 2.75) is 6.18 Å². The molecule has 24 heavy (non-hydrogen) atoms. The first-order chi connectivity index (χ1) is 11.3. The number of rotatable bonds is 3. The van der Waals surface area contributed by atoms with Gasteiger partial charge in [-0.1, -0.05) is 16.8 Å². The molecule has 0 bridgehead atoms. The summed E-state index contributed by atoms with van der Waals surface area (Å²) in [5.41, 5.74) is -0.560. The topological polar surface area (TPSA) is 96.7 Å². The molecule has 0 aliphatic rings. The molecule has 0 saturated heterocycles. The van der Waals surface area contributed by atoms with Crippen LogP contribution in [0.1, 0.15) is 5.56 Å². The lowest BCUT2D eigenvalue weighted by molar-refractivity contribution is -0.137. The fourth-order valence-electron chi connectivity index (χ4n) is 1.86. The Morgan fingerprint density at radius 1 is 1.21 bits per heavy atom. The van der Waals surface area contributed by atoms with Crippen molar-refractivity contribution in [1.82, 2.24) is 20.1 Å². The molecule has 0 atom stereocenters.